The normalized spacial score (nSPS) is 18.7. The maximum atomic E-state index is 10.3. The molecule has 3 nitrogen and oxygen atoms in total. The molecule has 0 saturated carbocycles. The summed E-state index contributed by atoms with van der Waals surface area (Å²) in [5.74, 6) is 1.07. The number of benzene rings is 4. The predicted octanol–water partition coefficient (Wildman–Crippen LogP) is 5.32. The molecule has 2 N–H and O–H groups in total. The van der Waals surface area contributed by atoms with Gasteiger partial charge in [-0.25, -0.2) is 0 Å². The van der Waals surface area contributed by atoms with E-state index in [2.05, 4.69) is 41.7 Å². The van der Waals surface area contributed by atoms with Crippen LogP contribution in [0.2, 0.25) is 0 Å². The Morgan fingerprint density at radius 2 is 1.48 bits per heavy atom. The Labute approximate surface area is 157 Å². The minimum absolute atomic E-state index is 0.0364. The Morgan fingerprint density at radius 3 is 2.33 bits per heavy atom. The minimum Gasteiger partial charge on any atom is -0.507 e. The van der Waals surface area contributed by atoms with Crippen molar-refractivity contribution in [2.45, 2.75) is 12.3 Å². The largest absolute Gasteiger partial charge is 0.507 e. The summed E-state index contributed by atoms with van der Waals surface area (Å²) in [5.41, 5.74) is 3.03. The molecule has 4 aromatic carbocycles. The Morgan fingerprint density at radius 1 is 0.741 bits per heavy atom. The molecule has 132 valence electrons. The number of para-hydroxylation sites is 1. The van der Waals surface area contributed by atoms with E-state index in [1.54, 1.807) is 6.07 Å². The molecule has 0 saturated heterocycles. The highest BCUT2D eigenvalue weighted by Gasteiger charge is 2.32. The van der Waals surface area contributed by atoms with E-state index >= 15 is 0 Å². The molecule has 0 bridgehead atoms. The molecule has 3 heteroatoms. The Balaban J connectivity index is 1.71. The number of fused-ring (bicyclic) bond motifs is 3. The van der Waals surface area contributed by atoms with Crippen LogP contribution in [0, 0.1) is 0 Å². The van der Waals surface area contributed by atoms with E-state index in [1.165, 1.54) is 16.3 Å². The molecule has 1 aliphatic rings. The first-order valence-electron chi connectivity index (χ1n) is 9.08. The van der Waals surface area contributed by atoms with Crippen LogP contribution in [0.15, 0.2) is 91.0 Å². The highest BCUT2D eigenvalue weighted by Crippen LogP contribution is 2.43. The van der Waals surface area contributed by atoms with Crippen LogP contribution in [0.1, 0.15) is 29.0 Å². The summed E-state index contributed by atoms with van der Waals surface area (Å²) in [4.78, 5) is 0. The predicted molar refractivity (Wildman–Crippen MR) is 107 cm³/mol. The van der Waals surface area contributed by atoms with E-state index in [4.69, 9.17) is 4.74 Å². The van der Waals surface area contributed by atoms with Gasteiger partial charge in [0, 0.05) is 11.1 Å². The molecule has 0 aromatic heterocycles. The summed E-state index contributed by atoms with van der Waals surface area (Å²) in [5, 5.41) is 16.3. The average molecular weight is 353 g/mol. The van der Waals surface area contributed by atoms with Gasteiger partial charge in [-0.1, -0.05) is 78.9 Å². The number of ether oxygens (including phenoxy) is 1. The minimum atomic E-state index is -0.426. The number of phenols is 1. The fourth-order valence-electron chi connectivity index (χ4n) is 3.84. The fraction of sp³-hybridized carbons (Fsp3) is 0.0833. The highest BCUT2D eigenvalue weighted by molar-refractivity contribution is 5.89. The van der Waals surface area contributed by atoms with Crippen molar-refractivity contribution in [2.24, 2.45) is 0 Å². The van der Waals surface area contributed by atoms with Crippen molar-refractivity contribution in [1.82, 2.24) is 5.32 Å². The van der Waals surface area contributed by atoms with Crippen LogP contribution in [0.5, 0.6) is 11.5 Å². The molecular formula is C24H19NO2. The van der Waals surface area contributed by atoms with Gasteiger partial charge in [-0.05, 0) is 28.5 Å². The quantitative estimate of drug-likeness (QED) is 0.513. The Bertz CT molecular complexity index is 1110. The second-order valence-corrected chi connectivity index (χ2v) is 6.77. The van der Waals surface area contributed by atoms with Gasteiger partial charge >= 0.3 is 0 Å². The SMILES string of the molecule is Oc1ccccc1[C@@H]1N[C@@H](c2ccccc2)c2c(ccc3ccccc23)O1. The molecule has 0 radical (unpaired) electrons. The zero-order chi connectivity index (χ0) is 18.2. The summed E-state index contributed by atoms with van der Waals surface area (Å²) in [7, 11) is 0. The Hall–Kier alpha value is -3.30. The smallest absolute Gasteiger partial charge is 0.180 e. The van der Waals surface area contributed by atoms with Crippen LogP contribution in [0.25, 0.3) is 10.8 Å². The third kappa shape index (κ3) is 2.73. The van der Waals surface area contributed by atoms with Gasteiger partial charge in [0.25, 0.3) is 0 Å². The maximum absolute atomic E-state index is 10.3. The first-order valence-corrected chi connectivity index (χ1v) is 9.08. The lowest BCUT2D eigenvalue weighted by Gasteiger charge is -2.35. The summed E-state index contributed by atoms with van der Waals surface area (Å²) >= 11 is 0. The summed E-state index contributed by atoms with van der Waals surface area (Å²) in [6.45, 7) is 0. The molecule has 0 unspecified atom stereocenters. The van der Waals surface area contributed by atoms with Crippen molar-refractivity contribution >= 4 is 10.8 Å². The molecule has 2 atom stereocenters. The maximum Gasteiger partial charge on any atom is 0.180 e. The number of phenolic OH excluding ortho intramolecular Hbond substituents is 1. The van der Waals surface area contributed by atoms with Crippen LogP contribution in [-0.4, -0.2) is 5.11 Å². The first-order chi connectivity index (χ1) is 13.3. The molecule has 0 aliphatic carbocycles. The second-order valence-electron chi connectivity index (χ2n) is 6.77. The number of hydrogen-bond acceptors (Lipinski definition) is 3. The van der Waals surface area contributed by atoms with Gasteiger partial charge in [0.1, 0.15) is 11.5 Å². The monoisotopic (exact) mass is 353 g/mol. The zero-order valence-corrected chi connectivity index (χ0v) is 14.7. The molecule has 4 aromatic rings. The molecule has 1 aliphatic heterocycles. The molecule has 0 fully saturated rings. The third-order valence-electron chi connectivity index (χ3n) is 5.13. The lowest BCUT2D eigenvalue weighted by Crippen LogP contribution is -2.35. The highest BCUT2D eigenvalue weighted by atomic mass is 16.5. The molecule has 0 amide bonds. The molecule has 1 heterocycles. The summed E-state index contributed by atoms with van der Waals surface area (Å²) in [6.07, 6.45) is -0.426. The molecule has 27 heavy (non-hydrogen) atoms. The lowest BCUT2D eigenvalue weighted by atomic mass is 9.91. The van der Waals surface area contributed by atoms with Gasteiger partial charge in [0.15, 0.2) is 6.23 Å². The van der Waals surface area contributed by atoms with Gasteiger partial charge in [-0.15, -0.1) is 0 Å². The molecule has 5 rings (SSSR count). The van der Waals surface area contributed by atoms with Crippen molar-refractivity contribution in [1.29, 1.82) is 0 Å². The fourth-order valence-corrected chi connectivity index (χ4v) is 3.84. The van der Waals surface area contributed by atoms with Gasteiger partial charge in [0.05, 0.1) is 6.04 Å². The van der Waals surface area contributed by atoms with Crippen molar-refractivity contribution in [3.63, 3.8) is 0 Å². The van der Waals surface area contributed by atoms with E-state index in [0.717, 1.165) is 16.9 Å². The van der Waals surface area contributed by atoms with Crippen LogP contribution < -0.4 is 10.1 Å². The van der Waals surface area contributed by atoms with Crippen LogP contribution in [-0.2, 0) is 0 Å². The van der Waals surface area contributed by atoms with Crippen LogP contribution in [0.4, 0.5) is 0 Å². The van der Waals surface area contributed by atoms with Crippen LogP contribution in [0.3, 0.4) is 0 Å². The van der Waals surface area contributed by atoms with E-state index in [0.29, 0.717) is 0 Å². The van der Waals surface area contributed by atoms with Crippen LogP contribution >= 0.6 is 0 Å². The van der Waals surface area contributed by atoms with Crippen molar-refractivity contribution in [3.8, 4) is 11.5 Å². The second kappa shape index (κ2) is 6.45. The van der Waals surface area contributed by atoms with Crippen molar-refractivity contribution in [3.05, 3.63) is 108 Å². The number of nitrogens with one attached hydrogen (secondary N) is 1. The van der Waals surface area contributed by atoms with E-state index in [1.807, 2.05) is 48.5 Å². The zero-order valence-electron chi connectivity index (χ0n) is 14.7. The lowest BCUT2D eigenvalue weighted by molar-refractivity contribution is 0.131. The van der Waals surface area contributed by atoms with E-state index < -0.39 is 6.23 Å². The molecule has 0 spiro atoms. The Kier molecular flexibility index (Phi) is 3.80. The average Bonchev–Trinajstić information content (AvgIpc) is 2.74. The van der Waals surface area contributed by atoms with E-state index in [-0.39, 0.29) is 11.8 Å². The van der Waals surface area contributed by atoms with Gasteiger partial charge in [0.2, 0.25) is 0 Å². The third-order valence-corrected chi connectivity index (χ3v) is 5.13. The van der Waals surface area contributed by atoms with Crippen molar-refractivity contribution < 1.29 is 9.84 Å². The topological polar surface area (TPSA) is 41.5 Å². The van der Waals surface area contributed by atoms with Gasteiger partial charge in [-0.2, -0.15) is 0 Å². The van der Waals surface area contributed by atoms with Crippen molar-refractivity contribution in [2.75, 3.05) is 0 Å². The molecular weight excluding hydrogens is 334 g/mol. The van der Waals surface area contributed by atoms with Gasteiger partial charge in [-0.3, -0.25) is 5.32 Å². The summed E-state index contributed by atoms with van der Waals surface area (Å²) in [6, 6.07) is 30.1. The number of rotatable bonds is 2. The number of aromatic hydroxyl groups is 1. The van der Waals surface area contributed by atoms with Gasteiger partial charge < -0.3 is 9.84 Å². The summed E-state index contributed by atoms with van der Waals surface area (Å²) < 4.78 is 6.29. The number of hydrogen-bond donors (Lipinski definition) is 2. The van der Waals surface area contributed by atoms with E-state index in [9.17, 15) is 5.11 Å². The first kappa shape index (κ1) is 15.9. The standard InChI is InChI=1S/C24H19NO2/c26-20-13-7-6-12-19(20)24-25-23(17-9-2-1-3-10-17)22-18-11-5-4-8-16(18)14-15-21(22)27-24/h1-15,23-26H/t23-,24+/m0/s1.